The average Bonchev–Trinajstić information content (AvgIpc) is 3.79. The van der Waals surface area contributed by atoms with Crippen molar-refractivity contribution in [2.24, 2.45) is 0 Å². The molecule has 0 amide bonds. The lowest BCUT2D eigenvalue weighted by molar-refractivity contribution is 0.234. The van der Waals surface area contributed by atoms with Gasteiger partial charge in [-0.05, 0) is 60.7 Å². The minimum Gasteiger partial charge on any atom is -0.493 e. The van der Waals surface area contributed by atoms with Crippen LogP contribution in [0, 0.1) is 0 Å². The molecule has 2 heterocycles. The average molecular weight is 655 g/mol. The van der Waals surface area contributed by atoms with Gasteiger partial charge in [0, 0.05) is 29.2 Å². The molecule has 0 N–H and O–H groups in total. The molecule has 4 aromatic carbocycles. The summed E-state index contributed by atoms with van der Waals surface area (Å²) in [5.41, 5.74) is 4.10. The van der Waals surface area contributed by atoms with E-state index in [1.165, 1.54) is 0 Å². The third kappa shape index (κ3) is 6.75. The molecular weight excluding hydrogens is 620 g/mol. The van der Waals surface area contributed by atoms with Crippen molar-refractivity contribution in [2.45, 2.75) is 6.42 Å². The number of ether oxygens (including phenoxy) is 7. The fraction of sp³-hybridized carbons (Fsp3) is 0.222. The molecule has 0 unspecified atom stereocenters. The molecule has 0 bridgehead atoms. The van der Waals surface area contributed by atoms with Crippen LogP contribution in [0.25, 0.3) is 43.4 Å². The highest BCUT2D eigenvalue weighted by Gasteiger charge is 2.18. The summed E-state index contributed by atoms with van der Waals surface area (Å²) in [6, 6.07) is 25.0. The number of aromatic nitrogens is 2. The highest BCUT2D eigenvalue weighted by Crippen LogP contribution is 2.42. The Kier molecular flexibility index (Phi) is 9.63. The van der Waals surface area contributed by atoms with Gasteiger partial charge in [-0.15, -0.1) is 11.3 Å². The Morgan fingerprint density at radius 3 is 1.94 bits per heavy atom. The van der Waals surface area contributed by atoms with Gasteiger partial charge in [-0.25, -0.2) is 4.98 Å². The smallest absolute Gasteiger partial charge is 0.203 e. The summed E-state index contributed by atoms with van der Waals surface area (Å²) in [4.78, 5) is 4.75. The minimum atomic E-state index is 0.402. The summed E-state index contributed by atoms with van der Waals surface area (Å²) in [5, 5.41) is 5.21. The number of rotatable bonds is 14. The molecule has 11 heteroatoms. The van der Waals surface area contributed by atoms with Gasteiger partial charge in [0.25, 0.3) is 0 Å². The number of para-hydroxylation sites is 1. The van der Waals surface area contributed by atoms with Crippen molar-refractivity contribution in [2.75, 3.05) is 48.8 Å². The van der Waals surface area contributed by atoms with Gasteiger partial charge in [0.1, 0.15) is 10.7 Å². The molecule has 0 aliphatic rings. The van der Waals surface area contributed by atoms with Crippen LogP contribution in [0.1, 0.15) is 6.42 Å². The molecule has 0 saturated heterocycles. The van der Waals surface area contributed by atoms with E-state index in [-0.39, 0.29) is 0 Å². The third-order valence-corrected chi connectivity index (χ3v) is 8.51. The van der Waals surface area contributed by atoms with Crippen molar-refractivity contribution < 1.29 is 37.7 Å². The molecule has 0 saturated carbocycles. The Hall–Kier alpha value is -5.42. The predicted octanol–water partition coefficient (Wildman–Crippen LogP) is 8.18. The standard InChI is InChI=1S/C36H34N2O8S/c1-39-27-13-11-22(29-21-26(38-46-29)24-19-32(41-3)35(43-5)33(20-24)42-4)17-31(27)45-16-8-15-44-28-14-12-23(18-30(28)40-2)36-37-25-9-6-7-10-34(25)47-36/h6-7,9-14,17-21H,8,15-16H2,1-5H3. The normalized spacial score (nSPS) is 10.9. The van der Waals surface area contributed by atoms with Crippen LogP contribution < -0.4 is 33.2 Å². The van der Waals surface area contributed by atoms with E-state index in [0.29, 0.717) is 71.3 Å². The van der Waals surface area contributed by atoms with Crippen molar-refractivity contribution in [3.8, 4) is 73.4 Å². The molecule has 0 atom stereocenters. The first-order valence-electron chi connectivity index (χ1n) is 14.8. The maximum absolute atomic E-state index is 6.12. The molecule has 0 spiro atoms. The number of methoxy groups -OCH3 is 5. The van der Waals surface area contributed by atoms with E-state index in [4.69, 9.17) is 42.7 Å². The largest absolute Gasteiger partial charge is 0.493 e. The van der Waals surface area contributed by atoms with Crippen LogP contribution in [0.15, 0.2) is 83.4 Å². The number of nitrogens with zero attached hydrogens (tertiary/aromatic N) is 2. The zero-order valence-corrected chi connectivity index (χ0v) is 27.5. The van der Waals surface area contributed by atoms with Gasteiger partial charge in [-0.3, -0.25) is 0 Å². The zero-order valence-electron chi connectivity index (χ0n) is 26.7. The number of thiazole rings is 1. The van der Waals surface area contributed by atoms with Gasteiger partial charge >= 0.3 is 0 Å². The maximum atomic E-state index is 6.12. The van der Waals surface area contributed by atoms with E-state index in [1.54, 1.807) is 46.9 Å². The molecule has 0 aliphatic heterocycles. The first kappa shape index (κ1) is 31.6. The molecule has 47 heavy (non-hydrogen) atoms. The van der Waals surface area contributed by atoms with E-state index < -0.39 is 0 Å². The van der Waals surface area contributed by atoms with Crippen molar-refractivity contribution in [1.29, 1.82) is 0 Å². The van der Waals surface area contributed by atoms with Crippen molar-refractivity contribution in [1.82, 2.24) is 10.1 Å². The fourth-order valence-electron chi connectivity index (χ4n) is 5.06. The first-order chi connectivity index (χ1) is 23.0. The van der Waals surface area contributed by atoms with E-state index in [2.05, 4.69) is 11.2 Å². The molecule has 6 aromatic rings. The first-order valence-corrected chi connectivity index (χ1v) is 15.6. The summed E-state index contributed by atoms with van der Waals surface area (Å²) < 4.78 is 46.6. The van der Waals surface area contributed by atoms with E-state index in [9.17, 15) is 0 Å². The Balaban J connectivity index is 1.09. The third-order valence-electron chi connectivity index (χ3n) is 7.43. The summed E-state index contributed by atoms with van der Waals surface area (Å²) in [7, 11) is 7.94. The minimum absolute atomic E-state index is 0.402. The second-order valence-corrected chi connectivity index (χ2v) is 11.3. The summed E-state index contributed by atoms with van der Waals surface area (Å²) in [6.45, 7) is 0.831. The van der Waals surface area contributed by atoms with Gasteiger partial charge in [-0.2, -0.15) is 0 Å². The highest BCUT2D eigenvalue weighted by molar-refractivity contribution is 7.21. The Morgan fingerprint density at radius 2 is 1.23 bits per heavy atom. The maximum Gasteiger partial charge on any atom is 0.203 e. The topological polar surface area (TPSA) is 104 Å². The highest BCUT2D eigenvalue weighted by atomic mass is 32.1. The van der Waals surface area contributed by atoms with Crippen LogP contribution in [0.4, 0.5) is 0 Å². The number of hydrogen-bond acceptors (Lipinski definition) is 11. The predicted molar refractivity (Wildman–Crippen MR) is 181 cm³/mol. The van der Waals surface area contributed by atoms with Gasteiger partial charge in [0.05, 0.1) is 59.0 Å². The van der Waals surface area contributed by atoms with E-state index >= 15 is 0 Å². The second-order valence-electron chi connectivity index (χ2n) is 10.3. The van der Waals surface area contributed by atoms with Crippen LogP contribution in [0.3, 0.4) is 0 Å². The monoisotopic (exact) mass is 654 g/mol. The molecule has 10 nitrogen and oxygen atoms in total. The number of fused-ring (bicyclic) bond motifs is 1. The molecule has 0 aliphatic carbocycles. The van der Waals surface area contributed by atoms with E-state index in [0.717, 1.165) is 31.9 Å². The van der Waals surface area contributed by atoms with Crippen LogP contribution >= 0.6 is 11.3 Å². The van der Waals surface area contributed by atoms with Crippen molar-refractivity contribution >= 4 is 21.6 Å². The zero-order chi connectivity index (χ0) is 32.8. The number of benzene rings is 4. The molecule has 242 valence electrons. The molecule has 2 aromatic heterocycles. The lowest BCUT2D eigenvalue weighted by atomic mass is 10.1. The Morgan fingerprint density at radius 1 is 0.596 bits per heavy atom. The van der Waals surface area contributed by atoms with Gasteiger partial charge in [0.2, 0.25) is 5.75 Å². The molecule has 0 radical (unpaired) electrons. The van der Waals surface area contributed by atoms with Crippen LogP contribution in [0.2, 0.25) is 0 Å². The quantitative estimate of drug-likeness (QED) is 0.107. The van der Waals surface area contributed by atoms with Crippen molar-refractivity contribution in [3.05, 3.63) is 78.9 Å². The Bertz CT molecular complexity index is 1930. The second kappa shape index (κ2) is 14.3. The summed E-state index contributed by atoms with van der Waals surface area (Å²) >= 11 is 1.65. The fourth-order valence-corrected chi connectivity index (χ4v) is 6.02. The van der Waals surface area contributed by atoms with Crippen LogP contribution in [0.5, 0.6) is 40.2 Å². The van der Waals surface area contributed by atoms with Gasteiger partial charge in [0.15, 0.2) is 40.3 Å². The molecule has 0 fully saturated rings. The van der Waals surface area contributed by atoms with Crippen LogP contribution in [-0.2, 0) is 0 Å². The molecule has 6 rings (SSSR count). The van der Waals surface area contributed by atoms with Gasteiger partial charge < -0.3 is 37.7 Å². The Labute approximate surface area is 276 Å². The van der Waals surface area contributed by atoms with Crippen LogP contribution in [-0.4, -0.2) is 58.9 Å². The lowest BCUT2D eigenvalue weighted by Crippen LogP contribution is -2.06. The SMILES string of the molecule is COc1cc(-c2nc3ccccc3s2)ccc1OCCCOc1cc(-c2cc(-c3cc(OC)c(OC)c(OC)c3)no2)ccc1OC. The summed E-state index contributed by atoms with van der Waals surface area (Å²) in [6.07, 6.45) is 0.629. The van der Waals surface area contributed by atoms with Gasteiger partial charge in [-0.1, -0.05) is 17.3 Å². The molecular formula is C36H34N2O8S. The number of hydrogen-bond donors (Lipinski definition) is 0. The van der Waals surface area contributed by atoms with Crippen molar-refractivity contribution in [3.63, 3.8) is 0 Å². The van der Waals surface area contributed by atoms with E-state index in [1.807, 2.05) is 72.8 Å². The summed E-state index contributed by atoms with van der Waals surface area (Å²) in [5.74, 6) is 4.60. The lowest BCUT2D eigenvalue weighted by Gasteiger charge is -2.13.